The summed E-state index contributed by atoms with van der Waals surface area (Å²) in [6, 6.07) is 13.0. The third kappa shape index (κ3) is 4.36. The standard InChI is InChI=1S/C17H17BrN2O2/c1-12-11-14(18)7-8-15(12)20-17(21)19-10-9-13-5-3-4-6-16(13)22-2/h3-11H,1-2H3,(H2,19,20,21)/b10-9+. The fourth-order valence-corrected chi connectivity index (χ4v) is 2.41. The second-order valence-corrected chi connectivity index (χ2v) is 5.55. The van der Waals surface area contributed by atoms with Crippen LogP contribution in [0.2, 0.25) is 0 Å². The zero-order valence-electron chi connectivity index (χ0n) is 12.4. The zero-order valence-corrected chi connectivity index (χ0v) is 14.0. The highest BCUT2D eigenvalue weighted by Gasteiger charge is 2.03. The van der Waals surface area contributed by atoms with E-state index in [2.05, 4.69) is 26.6 Å². The van der Waals surface area contributed by atoms with Gasteiger partial charge in [-0.1, -0.05) is 34.1 Å². The number of hydrogen-bond acceptors (Lipinski definition) is 2. The first-order valence-electron chi connectivity index (χ1n) is 6.73. The first-order valence-corrected chi connectivity index (χ1v) is 7.52. The molecule has 2 aromatic carbocycles. The fraction of sp³-hybridized carbons (Fsp3) is 0.118. The van der Waals surface area contributed by atoms with Crippen molar-refractivity contribution >= 4 is 33.7 Å². The van der Waals surface area contributed by atoms with Crippen LogP contribution in [0.4, 0.5) is 10.5 Å². The lowest BCUT2D eigenvalue weighted by Crippen LogP contribution is -2.24. The molecule has 0 radical (unpaired) electrons. The van der Waals surface area contributed by atoms with Gasteiger partial charge in [0.25, 0.3) is 0 Å². The molecule has 0 aliphatic rings. The van der Waals surface area contributed by atoms with E-state index < -0.39 is 0 Å². The van der Waals surface area contributed by atoms with Crippen molar-refractivity contribution in [3.63, 3.8) is 0 Å². The van der Waals surface area contributed by atoms with Gasteiger partial charge in [-0.2, -0.15) is 0 Å². The third-order valence-electron chi connectivity index (χ3n) is 3.05. The number of carbonyl (C=O) groups excluding carboxylic acids is 1. The Bertz CT molecular complexity index is 699. The molecule has 0 heterocycles. The van der Waals surface area contributed by atoms with Gasteiger partial charge in [0.05, 0.1) is 7.11 Å². The molecule has 4 nitrogen and oxygen atoms in total. The van der Waals surface area contributed by atoms with Crippen molar-refractivity contribution < 1.29 is 9.53 Å². The van der Waals surface area contributed by atoms with Crippen molar-refractivity contribution in [2.24, 2.45) is 0 Å². The Hall–Kier alpha value is -2.27. The van der Waals surface area contributed by atoms with Crippen LogP contribution in [-0.4, -0.2) is 13.1 Å². The SMILES string of the molecule is COc1ccccc1/C=C/NC(=O)Nc1ccc(Br)cc1C. The van der Waals surface area contributed by atoms with E-state index in [-0.39, 0.29) is 6.03 Å². The number of nitrogens with one attached hydrogen (secondary N) is 2. The molecule has 0 atom stereocenters. The van der Waals surface area contributed by atoms with E-state index in [9.17, 15) is 4.79 Å². The molecule has 0 saturated carbocycles. The smallest absolute Gasteiger partial charge is 0.323 e. The number of methoxy groups -OCH3 is 1. The van der Waals surface area contributed by atoms with Crippen LogP contribution in [-0.2, 0) is 0 Å². The number of halogens is 1. The van der Waals surface area contributed by atoms with Gasteiger partial charge >= 0.3 is 6.03 Å². The summed E-state index contributed by atoms with van der Waals surface area (Å²) < 4.78 is 6.22. The van der Waals surface area contributed by atoms with Crippen LogP contribution in [0, 0.1) is 6.92 Å². The van der Waals surface area contributed by atoms with Crippen LogP contribution < -0.4 is 15.4 Å². The van der Waals surface area contributed by atoms with Crippen molar-refractivity contribution in [1.82, 2.24) is 5.32 Å². The normalized spacial score (nSPS) is 10.5. The Morgan fingerprint density at radius 1 is 1.23 bits per heavy atom. The summed E-state index contributed by atoms with van der Waals surface area (Å²) in [6.45, 7) is 1.94. The summed E-state index contributed by atoms with van der Waals surface area (Å²) in [4.78, 5) is 11.9. The molecule has 5 heteroatoms. The van der Waals surface area contributed by atoms with Crippen molar-refractivity contribution in [3.8, 4) is 5.75 Å². The number of amides is 2. The predicted octanol–water partition coefficient (Wildman–Crippen LogP) is 4.56. The summed E-state index contributed by atoms with van der Waals surface area (Å²) in [5, 5.41) is 5.47. The molecule has 2 amide bonds. The Morgan fingerprint density at radius 3 is 2.73 bits per heavy atom. The van der Waals surface area contributed by atoms with Gasteiger partial charge < -0.3 is 15.4 Å². The third-order valence-corrected chi connectivity index (χ3v) is 3.55. The van der Waals surface area contributed by atoms with E-state index in [0.29, 0.717) is 0 Å². The Kier molecular flexibility index (Phi) is 5.61. The molecule has 2 N–H and O–H groups in total. The predicted molar refractivity (Wildman–Crippen MR) is 93.1 cm³/mol. The van der Waals surface area contributed by atoms with E-state index >= 15 is 0 Å². The number of anilines is 1. The summed E-state index contributed by atoms with van der Waals surface area (Å²) >= 11 is 3.39. The average molecular weight is 361 g/mol. The molecular formula is C17H17BrN2O2. The van der Waals surface area contributed by atoms with Crippen LogP contribution in [0.3, 0.4) is 0 Å². The van der Waals surface area contributed by atoms with Gasteiger partial charge in [0, 0.05) is 21.9 Å². The minimum absolute atomic E-state index is 0.295. The topological polar surface area (TPSA) is 50.4 Å². The monoisotopic (exact) mass is 360 g/mol. The molecule has 114 valence electrons. The first kappa shape index (κ1) is 16.1. The molecule has 2 aromatic rings. The van der Waals surface area contributed by atoms with Gasteiger partial charge in [-0.05, 0) is 42.8 Å². The van der Waals surface area contributed by atoms with Gasteiger partial charge in [0.2, 0.25) is 0 Å². The molecule has 2 rings (SSSR count). The average Bonchev–Trinajstić information content (AvgIpc) is 2.50. The largest absolute Gasteiger partial charge is 0.496 e. The number of benzene rings is 2. The van der Waals surface area contributed by atoms with Crippen molar-refractivity contribution in [1.29, 1.82) is 0 Å². The van der Waals surface area contributed by atoms with Crippen LogP contribution in [0.15, 0.2) is 53.1 Å². The van der Waals surface area contributed by atoms with Crippen LogP contribution in [0.1, 0.15) is 11.1 Å². The zero-order chi connectivity index (χ0) is 15.9. The van der Waals surface area contributed by atoms with Gasteiger partial charge in [-0.3, -0.25) is 0 Å². The number of carbonyl (C=O) groups is 1. The number of rotatable bonds is 4. The molecule has 0 aliphatic heterocycles. The van der Waals surface area contributed by atoms with Gasteiger partial charge in [0.15, 0.2) is 0 Å². The molecular weight excluding hydrogens is 344 g/mol. The minimum atomic E-state index is -0.295. The number of hydrogen-bond donors (Lipinski definition) is 2. The molecule has 0 saturated heterocycles. The van der Waals surface area contributed by atoms with Gasteiger partial charge in [-0.15, -0.1) is 0 Å². The van der Waals surface area contributed by atoms with Crippen molar-refractivity contribution in [2.45, 2.75) is 6.92 Å². The van der Waals surface area contributed by atoms with E-state index in [1.165, 1.54) is 0 Å². The highest BCUT2D eigenvalue weighted by Crippen LogP contribution is 2.20. The number of ether oxygens (including phenoxy) is 1. The van der Waals surface area contributed by atoms with Crippen LogP contribution in [0.5, 0.6) is 5.75 Å². The van der Waals surface area contributed by atoms with Crippen LogP contribution >= 0.6 is 15.9 Å². The maximum Gasteiger partial charge on any atom is 0.323 e. The van der Waals surface area contributed by atoms with Crippen molar-refractivity contribution in [3.05, 3.63) is 64.3 Å². The number of aryl methyl sites for hydroxylation is 1. The second kappa shape index (κ2) is 7.66. The van der Waals surface area contributed by atoms with Gasteiger partial charge in [-0.25, -0.2) is 4.79 Å². The van der Waals surface area contributed by atoms with Gasteiger partial charge in [0.1, 0.15) is 5.75 Å². The molecule has 0 aromatic heterocycles. The molecule has 0 spiro atoms. The van der Waals surface area contributed by atoms with Crippen LogP contribution in [0.25, 0.3) is 6.08 Å². The van der Waals surface area contributed by atoms with E-state index in [0.717, 1.165) is 27.0 Å². The second-order valence-electron chi connectivity index (χ2n) is 4.63. The van der Waals surface area contributed by atoms with E-state index in [4.69, 9.17) is 4.74 Å². The number of para-hydroxylation sites is 1. The maximum atomic E-state index is 11.9. The summed E-state index contributed by atoms with van der Waals surface area (Å²) in [7, 11) is 1.61. The Morgan fingerprint density at radius 2 is 2.00 bits per heavy atom. The lowest BCUT2D eigenvalue weighted by molar-refractivity contribution is 0.255. The van der Waals surface area contributed by atoms with Crippen molar-refractivity contribution in [2.75, 3.05) is 12.4 Å². The van der Waals surface area contributed by atoms with E-state index in [1.807, 2.05) is 49.4 Å². The Balaban J connectivity index is 1.96. The lowest BCUT2D eigenvalue weighted by atomic mass is 10.2. The molecule has 0 aliphatic carbocycles. The highest BCUT2D eigenvalue weighted by molar-refractivity contribution is 9.10. The summed E-state index contributed by atoms with van der Waals surface area (Å²) in [6.07, 6.45) is 3.37. The minimum Gasteiger partial charge on any atom is -0.496 e. The molecule has 0 fully saturated rings. The van der Waals surface area contributed by atoms with E-state index in [1.54, 1.807) is 19.4 Å². The molecule has 22 heavy (non-hydrogen) atoms. The quantitative estimate of drug-likeness (QED) is 0.839. The maximum absolute atomic E-state index is 11.9. The summed E-state index contributed by atoms with van der Waals surface area (Å²) in [5.74, 6) is 0.754. The molecule has 0 unspecified atom stereocenters. The number of urea groups is 1. The first-order chi connectivity index (χ1) is 10.6. The highest BCUT2D eigenvalue weighted by atomic mass is 79.9. The summed E-state index contributed by atoms with van der Waals surface area (Å²) in [5.41, 5.74) is 2.65. The molecule has 0 bridgehead atoms. The Labute approximate surface area is 138 Å². The lowest BCUT2D eigenvalue weighted by Gasteiger charge is -2.08. The fourth-order valence-electron chi connectivity index (χ4n) is 1.94.